The number of carbonyl (C=O) groups is 2. The van der Waals surface area contributed by atoms with Crippen LogP contribution in [-0.2, 0) is 4.79 Å². The maximum absolute atomic E-state index is 13.2. The zero-order chi connectivity index (χ0) is 24.7. The standard InChI is InChI=1S/C25H29N7O3/c1-15-10-18(30(3)16(2)33)7-8-21(15)31-14-17-11-19(22(35-4)12-20(17)29-31)25(34)28-24-13-26-23-6-5-9-27-32(23)24/h5-6,9,11-15,18,21H,7-8,10H2,1-4H3,(H,28,34)/t15-,18-,21-/m1/s1. The third-order valence-corrected chi connectivity index (χ3v) is 7.09. The molecule has 1 saturated carbocycles. The molecule has 10 nitrogen and oxygen atoms in total. The van der Waals surface area contributed by atoms with E-state index < -0.39 is 0 Å². The zero-order valence-electron chi connectivity index (χ0n) is 20.3. The molecule has 2 amide bonds. The minimum Gasteiger partial charge on any atom is -0.496 e. The van der Waals surface area contributed by atoms with Gasteiger partial charge in [0.05, 0.1) is 30.4 Å². The summed E-state index contributed by atoms with van der Waals surface area (Å²) in [6.45, 7) is 3.82. The van der Waals surface area contributed by atoms with E-state index in [1.54, 1.807) is 43.1 Å². The first-order valence-electron chi connectivity index (χ1n) is 11.8. The summed E-state index contributed by atoms with van der Waals surface area (Å²) in [5.41, 5.74) is 1.82. The Labute approximate surface area is 202 Å². The molecule has 1 aromatic carbocycles. The number of ether oxygens (including phenoxy) is 1. The van der Waals surface area contributed by atoms with E-state index >= 15 is 0 Å². The fourth-order valence-electron chi connectivity index (χ4n) is 5.04. The van der Waals surface area contributed by atoms with Gasteiger partial charge in [-0.3, -0.25) is 14.3 Å². The van der Waals surface area contributed by atoms with Gasteiger partial charge < -0.3 is 15.0 Å². The highest BCUT2D eigenvalue weighted by Gasteiger charge is 2.32. The second kappa shape index (κ2) is 9.01. The number of benzene rings is 1. The number of aromatic nitrogens is 5. The van der Waals surface area contributed by atoms with Crippen molar-refractivity contribution in [3.8, 4) is 5.75 Å². The Kier molecular flexibility index (Phi) is 5.88. The molecule has 1 aliphatic rings. The van der Waals surface area contributed by atoms with Gasteiger partial charge >= 0.3 is 0 Å². The summed E-state index contributed by atoms with van der Waals surface area (Å²) in [7, 11) is 3.42. The number of hydrogen-bond donors (Lipinski definition) is 1. The Hall–Kier alpha value is -3.95. The SMILES string of the molecule is COc1cc2nn([C@@H]3CC[C@@H](N(C)C(C)=O)C[C@H]3C)cc2cc1C(=O)Nc1cnc2cccnn12. The summed E-state index contributed by atoms with van der Waals surface area (Å²) in [5, 5.41) is 12.8. The highest BCUT2D eigenvalue weighted by molar-refractivity contribution is 6.08. The van der Waals surface area contributed by atoms with Crippen LogP contribution >= 0.6 is 0 Å². The van der Waals surface area contributed by atoms with E-state index in [2.05, 4.69) is 22.3 Å². The van der Waals surface area contributed by atoms with Gasteiger partial charge in [-0.15, -0.1) is 0 Å². The van der Waals surface area contributed by atoms with Crippen LogP contribution in [0.2, 0.25) is 0 Å². The van der Waals surface area contributed by atoms with Crippen LogP contribution in [0.15, 0.2) is 42.9 Å². The molecule has 1 aliphatic carbocycles. The average Bonchev–Trinajstić information content (AvgIpc) is 3.46. The Morgan fingerprint density at radius 1 is 1.26 bits per heavy atom. The van der Waals surface area contributed by atoms with Gasteiger partial charge in [0.1, 0.15) is 5.75 Å². The van der Waals surface area contributed by atoms with Crippen molar-refractivity contribution in [3.05, 3.63) is 48.4 Å². The molecule has 3 heterocycles. The average molecular weight is 476 g/mol. The number of amides is 2. The first-order chi connectivity index (χ1) is 16.9. The van der Waals surface area contributed by atoms with Crippen LogP contribution in [0, 0.1) is 5.92 Å². The van der Waals surface area contributed by atoms with Gasteiger partial charge in [0.2, 0.25) is 5.91 Å². The number of anilines is 1. The molecule has 1 N–H and O–H groups in total. The molecule has 5 rings (SSSR count). The highest BCUT2D eigenvalue weighted by atomic mass is 16.5. The Morgan fingerprint density at radius 2 is 2.09 bits per heavy atom. The largest absolute Gasteiger partial charge is 0.496 e. The number of carbonyl (C=O) groups excluding carboxylic acids is 2. The minimum absolute atomic E-state index is 0.100. The molecule has 3 atom stereocenters. The Balaban J connectivity index is 1.40. The lowest BCUT2D eigenvalue weighted by Gasteiger charge is -2.38. The number of rotatable bonds is 5. The van der Waals surface area contributed by atoms with E-state index in [9.17, 15) is 9.59 Å². The summed E-state index contributed by atoms with van der Waals surface area (Å²) in [6.07, 6.45) is 8.01. The predicted octanol–water partition coefficient (Wildman–Crippen LogP) is 3.55. The summed E-state index contributed by atoms with van der Waals surface area (Å²) in [5.74, 6) is 1.07. The molecule has 0 bridgehead atoms. The van der Waals surface area contributed by atoms with Gasteiger partial charge in [-0.25, -0.2) is 4.98 Å². The molecule has 0 radical (unpaired) electrons. The Bertz CT molecular complexity index is 1410. The topological polar surface area (TPSA) is 107 Å². The quantitative estimate of drug-likeness (QED) is 0.473. The predicted molar refractivity (Wildman–Crippen MR) is 132 cm³/mol. The van der Waals surface area contributed by atoms with Crippen molar-refractivity contribution >= 4 is 34.2 Å². The lowest BCUT2D eigenvalue weighted by atomic mass is 9.82. The molecule has 3 aromatic heterocycles. The van der Waals surface area contributed by atoms with E-state index in [0.29, 0.717) is 28.7 Å². The minimum atomic E-state index is -0.315. The number of nitrogens with zero attached hydrogens (tertiary/aromatic N) is 6. The van der Waals surface area contributed by atoms with Gasteiger partial charge in [0, 0.05) is 43.9 Å². The fraction of sp³-hybridized carbons (Fsp3) is 0.400. The number of methoxy groups -OCH3 is 1. The lowest BCUT2D eigenvalue weighted by molar-refractivity contribution is -0.130. The number of fused-ring (bicyclic) bond motifs is 2. The second-order valence-corrected chi connectivity index (χ2v) is 9.25. The van der Waals surface area contributed by atoms with Crippen LogP contribution in [0.4, 0.5) is 5.82 Å². The van der Waals surface area contributed by atoms with E-state index in [1.165, 1.54) is 0 Å². The van der Waals surface area contributed by atoms with E-state index in [0.717, 1.165) is 30.2 Å². The van der Waals surface area contributed by atoms with Gasteiger partial charge in [-0.2, -0.15) is 14.7 Å². The molecule has 1 fully saturated rings. The molecule has 0 saturated heterocycles. The van der Waals surface area contributed by atoms with Gasteiger partial charge in [0.15, 0.2) is 11.5 Å². The van der Waals surface area contributed by atoms with Crippen LogP contribution in [-0.4, -0.2) is 61.3 Å². The molecule has 4 aromatic rings. The smallest absolute Gasteiger partial charge is 0.260 e. The summed E-state index contributed by atoms with van der Waals surface area (Å²) >= 11 is 0. The van der Waals surface area contributed by atoms with E-state index in [-0.39, 0.29) is 23.9 Å². The van der Waals surface area contributed by atoms with Gasteiger partial charge in [-0.1, -0.05) is 6.92 Å². The van der Waals surface area contributed by atoms with Crippen molar-refractivity contribution in [3.63, 3.8) is 0 Å². The van der Waals surface area contributed by atoms with E-state index in [1.807, 2.05) is 35.0 Å². The van der Waals surface area contributed by atoms with Gasteiger partial charge in [0.25, 0.3) is 5.91 Å². The summed E-state index contributed by atoms with van der Waals surface area (Å²) < 4.78 is 9.11. The van der Waals surface area contributed by atoms with Crippen LogP contribution in [0.25, 0.3) is 16.6 Å². The number of hydrogen-bond acceptors (Lipinski definition) is 6. The lowest BCUT2D eigenvalue weighted by Crippen LogP contribution is -2.41. The van der Waals surface area contributed by atoms with Crippen molar-refractivity contribution in [1.29, 1.82) is 0 Å². The van der Waals surface area contributed by atoms with E-state index in [4.69, 9.17) is 9.84 Å². The van der Waals surface area contributed by atoms with Crippen molar-refractivity contribution < 1.29 is 14.3 Å². The Morgan fingerprint density at radius 3 is 2.83 bits per heavy atom. The first kappa shape index (κ1) is 22.8. The van der Waals surface area contributed by atoms with Crippen molar-refractivity contribution in [2.24, 2.45) is 5.92 Å². The van der Waals surface area contributed by atoms with Crippen molar-refractivity contribution in [1.82, 2.24) is 29.3 Å². The third kappa shape index (κ3) is 4.20. The summed E-state index contributed by atoms with van der Waals surface area (Å²) in [6, 6.07) is 7.70. The molecule has 10 heteroatoms. The molecular formula is C25H29N7O3. The maximum atomic E-state index is 13.2. The molecule has 0 unspecified atom stereocenters. The van der Waals surface area contributed by atoms with Crippen LogP contribution < -0.4 is 10.1 Å². The highest BCUT2D eigenvalue weighted by Crippen LogP contribution is 2.36. The molecular weight excluding hydrogens is 446 g/mol. The van der Waals surface area contributed by atoms with Crippen LogP contribution in [0.3, 0.4) is 0 Å². The second-order valence-electron chi connectivity index (χ2n) is 9.25. The monoisotopic (exact) mass is 475 g/mol. The summed E-state index contributed by atoms with van der Waals surface area (Å²) in [4.78, 5) is 31.1. The maximum Gasteiger partial charge on any atom is 0.260 e. The van der Waals surface area contributed by atoms with Crippen molar-refractivity contribution in [2.75, 3.05) is 19.5 Å². The van der Waals surface area contributed by atoms with Crippen molar-refractivity contribution in [2.45, 2.75) is 45.2 Å². The fourth-order valence-corrected chi connectivity index (χ4v) is 5.04. The van der Waals surface area contributed by atoms with Gasteiger partial charge in [-0.05, 0) is 43.4 Å². The third-order valence-electron chi connectivity index (χ3n) is 7.09. The normalized spacial score (nSPS) is 20.2. The first-order valence-corrected chi connectivity index (χ1v) is 11.8. The number of imidazole rings is 1. The number of nitrogens with one attached hydrogen (secondary N) is 1. The molecule has 0 aliphatic heterocycles. The van der Waals surface area contributed by atoms with Crippen LogP contribution in [0.5, 0.6) is 5.75 Å². The van der Waals surface area contributed by atoms with Crippen LogP contribution in [0.1, 0.15) is 49.5 Å². The zero-order valence-corrected chi connectivity index (χ0v) is 20.3. The molecule has 0 spiro atoms. The molecule has 35 heavy (non-hydrogen) atoms. The molecule has 182 valence electrons.